The van der Waals surface area contributed by atoms with Crippen LogP contribution >= 0.6 is 0 Å². The van der Waals surface area contributed by atoms with Crippen molar-refractivity contribution < 1.29 is 9.47 Å². The molecular weight excluding hydrogens is 719 g/mol. The third-order valence-electron chi connectivity index (χ3n) is 12.4. The Balaban J connectivity index is 1.08. The maximum atomic E-state index is 7.26. The third-order valence-corrected chi connectivity index (χ3v) is 12.4. The van der Waals surface area contributed by atoms with E-state index in [2.05, 4.69) is 209 Å². The predicted octanol–water partition coefficient (Wildman–Crippen LogP) is 11.9. The van der Waals surface area contributed by atoms with Gasteiger partial charge >= 0.3 is 0 Å². The van der Waals surface area contributed by atoms with E-state index in [1.165, 1.54) is 43.6 Å². The SMILES string of the molecule is c1ccc(-c2cc(-c3ccccc3)c3c4c2Oc2cc(-n5c6ccccc6c6ccccc65)ccc2B4c2ccc(-n4c5ccccc5c5ccccc54)cc2O3)cc1. The highest BCUT2D eigenvalue weighted by Gasteiger charge is 2.43. The summed E-state index contributed by atoms with van der Waals surface area (Å²) in [4.78, 5) is 0. The Morgan fingerprint density at radius 1 is 0.339 bits per heavy atom. The number of hydrogen-bond acceptors (Lipinski definition) is 2. The first-order valence-corrected chi connectivity index (χ1v) is 20.2. The maximum absolute atomic E-state index is 7.26. The van der Waals surface area contributed by atoms with Gasteiger partial charge in [-0.25, -0.2) is 0 Å². The van der Waals surface area contributed by atoms with E-state index in [-0.39, 0.29) is 6.71 Å². The summed E-state index contributed by atoms with van der Waals surface area (Å²) in [5.74, 6) is 3.35. The summed E-state index contributed by atoms with van der Waals surface area (Å²) in [5, 5.41) is 4.92. The molecule has 0 N–H and O–H groups in total. The highest BCUT2D eigenvalue weighted by Crippen LogP contribution is 2.47. The molecule has 9 aromatic carbocycles. The van der Waals surface area contributed by atoms with Gasteiger partial charge in [0.1, 0.15) is 23.0 Å². The van der Waals surface area contributed by atoms with Crippen molar-refractivity contribution in [3.05, 3.63) is 200 Å². The average molecular weight is 753 g/mol. The van der Waals surface area contributed by atoms with E-state index in [1.807, 2.05) is 0 Å². The summed E-state index contributed by atoms with van der Waals surface area (Å²) in [7, 11) is 0. The van der Waals surface area contributed by atoms with Crippen molar-refractivity contribution in [2.24, 2.45) is 0 Å². The number of hydrogen-bond donors (Lipinski definition) is 0. The molecule has 0 fully saturated rings. The van der Waals surface area contributed by atoms with E-state index in [4.69, 9.17) is 9.47 Å². The standard InChI is InChI=1S/C54H33BN2O2/c1-3-15-34(16-4-1)42-33-43(35-17-5-2-6-18-35)54-52-53(42)58-50-31-36(56-46-23-11-7-19-38(46)39-20-8-12-24-47(39)56)27-29-44(50)55(52)45-30-28-37(32-51(45)59-54)57-48-25-13-9-21-40(48)41-22-10-14-26-49(41)57/h1-33H. The van der Waals surface area contributed by atoms with E-state index in [0.29, 0.717) is 0 Å². The van der Waals surface area contributed by atoms with Gasteiger partial charge in [-0.1, -0.05) is 146 Å². The minimum atomic E-state index is -0.141. The van der Waals surface area contributed by atoms with Crippen LogP contribution in [-0.4, -0.2) is 15.8 Å². The number of nitrogens with zero attached hydrogens (tertiary/aromatic N) is 2. The molecule has 5 heteroatoms. The van der Waals surface area contributed by atoms with E-state index in [1.54, 1.807) is 0 Å². The number of aromatic nitrogens is 2. The van der Waals surface area contributed by atoms with Crippen molar-refractivity contribution in [3.8, 4) is 56.6 Å². The van der Waals surface area contributed by atoms with Crippen molar-refractivity contribution in [3.63, 3.8) is 0 Å². The quantitative estimate of drug-likeness (QED) is 0.168. The van der Waals surface area contributed by atoms with Crippen LogP contribution in [0.2, 0.25) is 0 Å². The van der Waals surface area contributed by atoms with Gasteiger partial charge in [-0.2, -0.15) is 0 Å². The third kappa shape index (κ3) is 4.67. The minimum absolute atomic E-state index is 0.141. The van der Waals surface area contributed by atoms with Crippen molar-refractivity contribution in [2.45, 2.75) is 0 Å². The molecule has 0 aliphatic carbocycles. The van der Waals surface area contributed by atoms with Gasteiger partial charge in [0.05, 0.1) is 22.1 Å². The zero-order chi connectivity index (χ0) is 38.6. The summed E-state index contributed by atoms with van der Waals surface area (Å²) in [6.45, 7) is -0.141. The van der Waals surface area contributed by atoms with Crippen molar-refractivity contribution in [1.29, 1.82) is 0 Å². The molecule has 2 aliphatic heterocycles. The molecular formula is C54H33BN2O2. The molecule has 0 spiro atoms. The van der Waals surface area contributed by atoms with Crippen LogP contribution in [0.1, 0.15) is 0 Å². The first kappa shape index (κ1) is 32.3. The Labute approximate surface area is 340 Å². The Morgan fingerprint density at radius 2 is 0.695 bits per heavy atom. The van der Waals surface area contributed by atoms with E-state index in [9.17, 15) is 0 Å². The second-order valence-electron chi connectivity index (χ2n) is 15.6. The van der Waals surface area contributed by atoms with E-state index in [0.717, 1.165) is 73.0 Å². The number of fused-ring (bicyclic) bond motifs is 10. The topological polar surface area (TPSA) is 28.3 Å². The average Bonchev–Trinajstić information content (AvgIpc) is 3.82. The van der Waals surface area contributed by atoms with Gasteiger partial charge in [-0.15, -0.1) is 0 Å². The summed E-state index contributed by atoms with van der Waals surface area (Å²) < 4.78 is 19.2. The summed E-state index contributed by atoms with van der Waals surface area (Å²) >= 11 is 0. The molecule has 0 radical (unpaired) electrons. The first-order chi connectivity index (χ1) is 29.3. The predicted molar refractivity (Wildman–Crippen MR) is 244 cm³/mol. The van der Waals surface area contributed by atoms with Gasteiger partial charge in [0, 0.05) is 61.6 Å². The van der Waals surface area contributed by atoms with Crippen LogP contribution in [0, 0.1) is 0 Å². The number of ether oxygens (including phenoxy) is 2. The molecule has 2 aromatic heterocycles. The molecule has 0 atom stereocenters. The molecule has 4 heterocycles. The molecule has 13 rings (SSSR count). The Morgan fingerprint density at radius 3 is 1.08 bits per heavy atom. The van der Waals surface area contributed by atoms with Crippen LogP contribution in [-0.2, 0) is 0 Å². The van der Waals surface area contributed by atoms with Crippen LogP contribution in [0.25, 0.3) is 77.2 Å². The Kier molecular flexibility index (Phi) is 6.78. The molecule has 4 nitrogen and oxygen atoms in total. The monoisotopic (exact) mass is 752 g/mol. The van der Waals surface area contributed by atoms with Gasteiger partial charge in [0.2, 0.25) is 0 Å². The van der Waals surface area contributed by atoms with Gasteiger partial charge in [0.25, 0.3) is 6.71 Å². The van der Waals surface area contributed by atoms with E-state index >= 15 is 0 Å². The van der Waals surface area contributed by atoms with Gasteiger partial charge < -0.3 is 18.6 Å². The molecule has 0 bridgehead atoms. The molecule has 2 aliphatic rings. The van der Waals surface area contributed by atoms with Crippen molar-refractivity contribution in [2.75, 3.05) is 0 Å². The van der Waals surface area contributed by atoms with Crippen LogP contribution in [0.4, 0.5) is 0 Å². The molecule has 274 valence electrons. The fraction of sp³-hybridized carbons (Fsp3) is 0. The van der Waals surface area contributed by atoms with Crippen LogP contribution in [0.15, 0.2) is 200 Å². The lowest BCUT2D eigenvalue weighted by Crippen LogP contribution is -2.57. The minimum Gasteiger partial charge on any atom is -0.458 e. The van der Waals surface area contributed by atoms with Gasteiger partial charge in [0.15, 0.2) is 0 Å². The number of para-hydroxylation sites is 4. The normalized spacial score (nSPS) is 12.6. The molecule has 11 aromatic rings. The molecule has 0 saturated heterocycles. The number of benzene rings is 9. The molecule has 0 unspecified atom stereocenters. The van der Waals surface area contributed by atoms with Gasteiger partial charge in [-0.05, 0) is 64.5 Å². The van der Waals surface area contributed by atoms with Crippen LogP contribution < -0.4 is 25.9 Å². The lowest BCUT2D eigenvalue weighted by Gasteiger charge is -2.36. The first-order valence-electron chi connectivity index (χ1n) is 20.2. The lowest BCUT2D eigenvalue weighted by molar-refractivity contribution is 0.466. The Bertz CT molecular complexity index is 3180. The lowest BCUT2D eigenvalue weighted by atomic mass is 9.34. The van der Waals surface area contributed by atoms with Crippen molar-refractivity contribution >= 4 is 66.7 Å². The maximum Gasteiger partial charge on any atom is 0.260 e. The molecule has 0 saturated carbocycles. The zero-order valence-corrected chi connectivity index (χ0v) is 31.8. The Hall–Kier alpha value is -7.76. The fourth-order valence-corrected chi connectivity index (χ4v) is 9.89. The summed E-state index contributed by atoms with van der Waals surface area (Å²) in [6, 6.07) is 71.6. The number of rotatable bonds is 4. The van der Waals surface area contributed by atoms with Crippen LogP contribution in [0.5, 0.6) is 23.0 Å². The summed E-state index contributed by atoms with van der Waals surface area (Å²) in [5.41, 5.74) is 14.3. The second kappa shape index (κ2) is 12.4. The molecule has 59 heavy (non-hydrogen) atoms. The largest absolute Gasteiger partial charge is 0.458 e. The summed E-state index contributed by atoms with van der Waals surface area (Å²) in [6.07, 6.45) is 0. The molecule has 0 amide bonds. The highest BCUT2D eigenvalue weighted by atomic mass is 16.5. The van der Waals surface area contributed by atoms with Crippen LogP contribution in [0.3, 0.4) is 0 Å². The highest BCUT2D eigenvalue weighted by molar-refractivity contribution is 6.98. The van der Waals surface area contributed by atoms with Crippen molar-refractivity contribution in [1.82, 2.24) is 9.13 Å². The van der Waals surface area contributed by atoms with E-state index < -0.39 is 0 Å². The van der Waals surface area contributed by atoms with Gasteiger partial charge in [-0.3, -0.25) is 0 Å². The zero-order valence-electron chi connectivity index (χ0n) is 31.8. The second-order valence-corrected chi connectivity index (χ2v) is 15.6. The fourth-order valence-electron chi connectivity index (χ4n) is 9.89. The smallest absolute Gasteiger partial charge is 0.260 e.